The number of nitrogens with zero attached hydrogens (tertiary/aromatic N) is 2. The van der Waals surface area contributed by atoms with Gasteiger partial charge in [-0.3, -0.25) is 0 Å². The van der Waals surface area contributed by atoms with E-state index >= 15 is 0 Å². The van der Waals surface area contributed by atoms with Gasteiger partial charge in [0.05, 0.1) is 22.9 Å². The molecule has 47 heavy (non-hydrogen) atoms. The topological polar surface area (TPSA) is 74.1 Å². The molecule has 0 aliphatic heterocycles. The standard InChI is InChI=1S/C42H41N3O2/c1-24(2)29-21-31(25(3)4)40(32(22-29)26(5)6)27-16-18-38(46)33(19-27)35-23-43-42(44-35)28-15-17-36-34(20-28)41-37(13-10-14-39(41)47)45(36)30-11-8-7-9-12-30/h7-26,46-47H,1-6H3,(H,43,44). The van der Waals surface area contributed by atoms with Crippen LogP contribution in [0.1, 0.15) is 76.0 Å². The van der Waals surface area contributed by atoms with E-state index < -0.39 is 0 Å². The first-order valence-electron chi connectivity index (χ1n) is 16.5. The van der Waals surface area contributed by atoms with E-state index in [2.05, 4.69) is 99.6 Å². The quantitative estimate of drug-likeness (QED) is 0.166. The Morgan fingerprint density at radius 2 is 1.34 bits per heavy atom. The van der Waals surface area contributed by atoms with Crippen LogP contribution in [0.15, 0.2) is 103 Å². The average Bonchev–Trinajstić information content (AvgIpc) is 3.68. The zero-order valence-electron chi connectivity index (χ0n) is 27.8. The summed E-state index contributed by atoms with van der Waals surface area (Å²) in [6.45, 7) is 13.5. The fourth-order valence-electron chi connectivity index (χ4n) is 6.86. The lowest BCUT2D eigenvalue weighted by Gasteiger charge is -2.23. The predicted molar refractivity (Wildman–Crippen MR) is 195 cm³/mol. The Morgan fingerprint density at radius 1 is 0.638 bits per heavy atom. The second-order valence-corrected chi connectivity index (χ2v) is 13.5. The van der Waals surface area contributed by atoms with Gasteiger partial charge in [-0.2, -0.15) is 0 Å². The molecular formula is C42H41N3O2. The van der Waals surface area contributed by atoms with Crippen LogP contribution in [0.25, 0.3) is 61.3 Å². The number of hydrogen-bond acceptors (Lipinski definition) is 3. The molecule has 2 aromatic heterocycles. The second kappa shape index (κ2) is 11.8. The van der Waals surface area contributed by atoms with Gasteiger partial charge in [0.25, 0.3) is 0 Å². The molecule has 0 radical (unpaired) electrons. The Hall–Kier alpha value is -5.29. The summed E-state index contributed by atoms with van der Waals surface area (Å²) in [6, 6.07) is 32.7. The number of nitrogens with one attached hydrogen (secondary N) is 1. The van der Waals surface area contributed by atoms with E-state index in [0.717, 1.165) is 44.3 Å². The molecule has 5 aromatic carbocycles. The molecule has 5 heteroatoms. The van der Waals surface area contributed by atoms with Crippen LogP contribution in [0, 0.1) is 0 Å². The van der Waals surface area contributed by atoms with Gasteiger partial charge in [0.15, 0.2) is 0 Å². The van der Waals surface area contributed by atoms with E-state index in [9.17, 15) is 10.2 Å². The number of aromatic amines is 1. The fraction of sp³-hybridized carbons (Fsp3) is 0.214. The van der Waals surface area contributed by atoms with E-state index in [4.69, 9.17) is 4.98 Å². The van der Waals surface area contributed by atoms with Gasteiger partial charge < -0.3 is 19.8 Å². The minimum atomic E-state index is 0.200. The molecule has 0 spiro atoms. The van der Waals surface area contributed by atoms with E-state index in [1.54, 1.807) is 18.3 Å². The van der Waals surface area contributed by atoms with E-state index in [-0.39, 0.29) is 11.5 Å². The number of H-pyrrole nitrogens is 1. The number of hydrogen-bond donors (Lipinski definition) is 3. The molecule has 0 unspecified atom stereocenters. The summed E-state index contributed by atoms with van der Waals surface area (Å²) in [4.78, 5) is 8.26. The Labute approximate surface area is 276 Å². The maximum absolute atomic E-state index is 11.1. The molecule has 0 bridgehead atoms. The van der Waals surface area contributed by atoms with Crippen molar-refractivity contribution < 1.29 is 10.2 Å². The van der Waals surface area contributed by atoms with Crippen LogP contribution in [0.5, 0.6) is 11.5 Å². The lowest BCUT2D eigenvalue weighted by atomic mass is 9.81. The molecule has 236 valence electrons. The van der Waals surface area contributed by atoms with Crippen molar-refractivity contribution in [3.8, 4) is 51.0 Å². The van der Waals surface area contributed by atoms with E-state index in [1.807, 2.05) is 36.4 Å². The monoisotopic (exact) mass is 619 g/mol. The molecule has 5 nitrogen and oxygen atoms in total. The van der Waals surface area contributed by atoms with Crippen molar-refractivity contribution in [1.82, 2.24) is 14.5 Å². The fourth-order valence-corrected chi connectivity index (χ4v) is 6.86. The first kappa shape index (κ1) is 30.4. The molecule has 0 aliphatic rings. The molecule has 7 rings (SSSR count). The smallest absolute Gasteiger partial charge is 0.137 e. The number of imidazole rings is 1. The van der Waals surface area contributed by atoms with E-state index in [1.165, 1.54) is 22.3 Å². The van der Waals surface area contributed by atoms with Crippen molar-refractivity contribution in [3.63, 3.8) is 0 Å². The SMILES string of the molecule is CC(C)c1cc(C(C)C)c(-c2ccc(O)c(-c3cnc(-c4ccc5c(c4)c4c(O)cccc4n5-c4ccccc4)[nH]3)c2)c(C(C)C)c1. The lowest BCUT2D eigenvalue weighted by molar-refractivity contribution is 0.477. The Kier molecular flexibility index (Phi) is 7.63. The number of aromatic nitrogens is 3. The molecule has 0 fully saturated rings. The predicted octanol–water partition coefficient (Wildman–Crippen LogP) is 11.3. The van der Waals surface area contributed by atoms with Gasteiger partial charge in [0, 0.05) is 27.6 Å². The summed E-state index contributed by atoms with van der Waals surface area (Å²) < 4.78 is 2.18. The highest BCUT2D eigenvalue weighted by atomic mass is 16.3. The minimum absolute atomic E-state index is 0.200. The Balaban J connectivity index is 1.34. The number of benzene rings is 5. The first-order chi connectivity index (χ1) is 22.6. The van der Waals surface area contributed by atoms with Gasteiger partial charge in [-0.25, -0.2) is 4.98 Å². The van der Waals surface area contributed by atoms with Gasteiger partial charge in [0.2, 0.25) is 0 Å². The van der Waals surface area contributed by atoms with Gasteiger partial charge >= 0.3 is 0 Å². The molecule has 3 N–H and O–H groups in total. The number of para-hydroxylation sites is 1. The van der Waals surface area contributed by atoms with Crippen molar-refractivity contribution in [1.29, 1.82) is 0 Å². The number of aromatic hydroxyl groups is 2. The van der Waals surface area contributed by atoms with Crippen molar-refractivity contribution in [2.24, 2.45) is 0 Å². The summed E-state index contributed by atoms with van der Waals surface area (Å²) in [7, 11) is 0. The summed E-state index contributed by atoms with van der Waals surface area (Å²) in [5, 5.41) is 23.8. The van der Waals surface area contributed by atoms with Crippen molar-refractivity contribution in [3.05, 3.63) is 120 Å². The van der Waals surface area contributed by atoms with Gasteiger partial charge in [0.1, 0.15) is 17.3 Å². The Bertz CT molecular complexity index is 2220. The van der Waals surface area contributed by atoms with Crippen molar-refractivity contribution in [2.75, 3.05) is 0 Å². The van der Waals surface area contributed by atoms with E-state index in [0.29, 0.717) is 29.1 Å². The highest BCUT2D eigenvalue weighted by Crippen LogP contribution is 2.43. The molecule has 0 saturated carbocycles. The molecule has 7 aromatic rings. The van der Waals surface area contributed by atoms with Crippen LogP contribution in [-0.4, -0.2) is 24.7 Å². The number of fused-ring (bicyclic) bond motifs is 3. The van der Waals surface area contributed by atoms with Crippen LogP contribution < -0.4 is 0 Å². The lowest BCUT2D eigenvalue weighted by Crippen LogP contribution is -2.03. The molecular weight excluding hydrogens is 578 g/mol. The van der Waals surface area contributed by atoms with Crippen LogP contribution in [0.3, 0.4) is 0 Å². The van der Waals surface area contributed by atoms with Gasteiger partial charge in [-0.15, -0.1) is 0 Å². The largest absolute Gasteiger partial charge is 0.507 e. The third-order valence-electron chi connectivity index (χ3n) is 9.34. The summed E-state index contributed by atoms with van der Waals surface area (Å²) in [5.74, 6) is 2.26. The Morgan fingerprint density at radius 3 is 2.02 bits per heavy atom. The van der Waals surface area contributed by atoms with Gasteiger partial charge in [-0.05, 0) is 100 Å². The molecule has 0 saturated heterocycles. The second-order valence-electron chi connectivity index (χ2n) is 13.5. The summed E-state index contributed by atoms with van der Waals surface area (Å²) >= 11 is 0. The first-order valence-corrected chi connectivity index (χ1v) is 16.5. The highest BCUT2D eigenvalue weighted by molar-refractivity contribution is 6.13. The van der Waals surface area contributed by atoms with Gasteiger partial charge in [-0.1, -0.05) is 84.0 Å². The van der Waals surface area contributed by atoms with Crippen LogP contribution in [0.2, 0.25) is 0 Å². The third-order valence-corrected chi connectivity index (χ3v) is 9.34. The molecule has 0 aliphatic carbocycles. The molecule has 2 heterocycles. The van der Waals surface area contributed by atoms with Crippen molar-refractivity contribution in [2.45, 2.75) is 59.3 Å². The number of phenols is 2. The maximum atomic E-state index is 11.1. The van der Waals surface area contributed by atoms with Crippen LogP contribution in [-0.2, 0) is 0 Å². The zero-order chi connectivity index (χ0) is 33.0. The average molecular weight is 620 g/mol. The van der Waals surface area contributed by atoms with Crippen LogP contribution in [0.4, 0.5) is 0 Å². The molecule has 0 atom stereocenters. The van der Waals surface area contributed by atoms with Crippen LogP contribution >= 0.6 is 0 Å². The summed E-state index contributed by atoms with van der Waals surface area (Å²) in [5.41, 5.74) is 11.7. The maximum Gasteiger partial charge on any atom is 0.137 e. The molecule has 0 amide bonds. The minimum Gasteiger partial charge on any atom is -0.507 e. The summed E-state index contributed by atoms with van der Waals surface area (Å²) in [6.07, 6.45) is 1.79. The van der Waals surface area contributed by atoms with Crippen molar-refractivity contribution >= 4 is 21.8 Å². The highest BCUT2D eigenvalue weighted by Gasteiger charge is 2.21. The third kappa shape index (κ3) is 5.26. The normalized spacial score (nSPS) is 11.9. The number of phenolic OH excluding ortho intramolecular Hbond substituents is 2. The number of rotatable bonds is 7. The zero-order valence-corrected chi connectivity index (χ0v) is 27.8.